The van der Waals surface area contributed by atoms with Gasteiger partial charge in [-0.2, -0.15) is 0 Å². The van der Waals surface area contributed by atoms with Crippen LogP contribution < -0.4 is 5.73 Å². The van der Waals surface area contributed by atoms with Gasteiger partial charge in [-0.25, -0.2) is 0 Å². The van der Waals surface area contributed by atoms with E-state index >= 15 is 0 Å². The van der Waals surface area contributed by atoms with E-state index in [1.807, 2.05) is 18.2 Å². The molecule has 0 aromatic heterocycles. The van der Waals surface area contributed by atoms with Crippen LogP contribution in [0.25, 0.3) is 0 Å². The molecule has 14 heavy (non-hydrogen) atoms. The van der Waals surface area contributed by atoms with Gasteiger partial charge in [-0.15, -0.1) is 19.7 Å². The van der Waals surface area contributed by atoms with Crippen molar-refractivity contribution < 1.29 is 0 Å². The van der Waals surface area contributed by atoms with Crippen LogP contribution in [-0.2, 0) is 0 Å². The maximum absolute atomic E-state index is 5.88. The third kappa shape index (κ3) is 6.63. The molecule has 0 rings (SSSR count). The van der Waals surface area contributed by atoms with Gasteiger partial charge in [-0.1, -0.05) is 18.2 Å². The average Bonchev–Trinajstić information content (AvgIpc) is 2.15. The Morgan fingerprint density at radius 3 is 2.07 bits per heavy atom. The first kappa shape index (κ1) is 13.1. The van der Waals surface area contributed by atoms with E-state index < -0.39 is 0 Å². The summed E-state index contributed by atoms with van der Waals surface area (Å²) < 4.78 is 0. The van der Waals surface area contributed by atoms with Crippen molar-refractivity contribution in [3.8, 4) is 0 Å². The molecule has 0 heterocycles. The Hall–Kier alpha value is -0.860. The molecule has 80 valence electrons. The molecule has 1 unspecified atom stereocenters. The number of rotatable bonds is 9. The van der Waals surface area contributed by atoms with Crippen LogP contribution in [0.4, 0.5) is 0 Å². The highest BCUT2D eigenvalue weighted by Crippen LogP contribution is 1.99. The monoisotopic (exact) mass is 194 g/mol. The maximum atomic E-state index is 5.88. The fraction of sp³-hybridized carbons (Fsp3) is 0.500. The summed E-state index contributed by atoms with van der Waals surface area (Å²) in [4.78, 5) is 2.27. The molecule has 2 heteroatoms. The lowest BCUT2D eigenvalue weighted by atomic mass is 10.1. The quantitative estimate of drug-likeness (QED) is 0.568. The van der Waals surface area contributed by atoms with Gasteiger partial charge in [0.25, 0.3) is 0 Å². The van der Waals surface area contributed by atoms with E-state index in [0.717, 1.165) is 32.5 Å². The molecule has 0 amide bonds. The average molecular weight is 194 g/mol. The Morgan fingerprint density at radius 2 is 1.64 bits per heavy atom. The fourth-order valence-electron chi connectivity index (χ4n) is 1.30. The van der Waals surface area contributed by atoms with Crippen molar-refractivity contribution in [1.29, 1.82) is 0 Å². The summed E-state index contributed by atoms with van der Waals surface area (Å²) in [6, 6.07) is 0.227. The van der Waals surface area contributed by atoms with E-state index in [4.69, 9.17) is 5.73 Å². The predicted molar refractivity (Wildman–Crippen MR) is 64.2 cm³/mol. The van der Waals surface area contributed by atoms with Crippen molar-refractivity contribution in [3.63, 3.8) is 0 Å². The van der Waals surface area contributed by atoms with Gasteiger partial charge >= 0.3 is 0 Å². The Kier molecular flexibility index (Phi) is 8.19. The van der Waals surface area contributed by atoms with Crippen molar-refractivity contribution in [2.24, 2.45) is 5.73 Å². The topological polar surface area (TPSA) is 29.3 Å². The van der Waals surface area contributed by atoms with Gasteiger partial charge in [0.2, 0.25) is 0 Å². The van der Waals surface area contributed by atoms with Gasteiger partial charge in [0.15, 0.2) is 0 Å². The van der Waals surface area contributed by atoms with Crippen LogP contribution in [0.3, 0.4) is 0 Å². The molecule has 0 saturated carbocycles. The van der Waals surface area contributed by atoms with E-state index in [9.17, 15) is 0 Å². The van der Waals surface area contributed by atoms with Crippen molar-refractivity contribution in [2.45, 2.75) is 18.9 Å². The summed E-state index contributed by atoms with van der Waals surface area (Å²) >= 11 is 0. The third-order valence-electron chi connectivity index (χ3n) is 2.06. The van der Waals surface area contributed by atoms with Gasteiger partial charge in [0, 0.05) is 25.7 Å². The molecule has 0 spiro atoms. The molecule has 0 aliphatic heterocycles. The second-order valence-corrected chi connectivity index (χ2v) is 3.41. The zero-order chi connectivity index (χ0) is 10.8. The van der Waals surface area contributed by atoms with E-state index in [0.29, 0.717) is 0 Å². The van der Waals surface area contributed by atoms with Crippen LogP contribution in [0.15, 0.2) is 38.0 Å². The van der Waals surface area contributed by atoms with Gasteiger partial charge in [-0.05, 0) is 12.8 Å². The molecule has 1 atom stereocenters. The molecule has 0 fully saturated rings. The van der Waals surface area contributed by atoms with E-state index in [-0.39, 0.29) is 6.04 Å². The largest absolute Gasteiger partial charge is 0.327 e. The van der Waals surface area contributed by atoms with Gasteiger partial charge < -0.3 is 5.73 Å². The highest BCUT2D eigenvalue weighted by atomic mass is 15.1. The second-order valence-electron chi connectivity index (χ2n) is 3.41. The number of hydrogen-bond acceptors (Lipinski definition) is 2. The molecule has 0 aromatic carbocycles. The molecule has 0 aromatic rings. The van der Waals surface area contributed by atoms with E-state index in [2.05, 4.69) is 24.6 Å². The van der Waals surface area contributed by atoms with Crippen LogP contribution in [0, 0.1) is 0 Å². The number of hydrogen-bond donors (Lipinski definition) is 1. The Labute approximate surface area is 87.8 Å². The second kappa shape index (κ2) is 8.73. The summed E-state index contributed by atoms with van der Waals surface area (Å²) in [5, 5.41) is 0. The zero-order valence-corrected chi connectivity index (χ0v) is 8.99. The number of nitrogens with two attached hydrogens (primary N) is 1. The van der Waals surface area contributed by atoms with Crippen LogP contribution in [0.1, 0.15) is 12.8 Å². The zero-order valence-electron chi connectivity index (χ0n) is 8.99. The molecule has 0 radical (unpaired) electrons. The minimum absolute atomic E-state index is 0.227. The first-order chi connectivity index (χ1) is 6.74. The van der Waals surface area contributed by atoms with Gasteiger partial charge in [-0.3, -0.25) is 4.90 Å². The van der Waals surface area contributed by atoms with Crippen molar-refractivity contribution >= 4 is 0 Å². The minimum atomic E-state index is 0.227. The first-order valence-electron chi connectivity index (χ1n) is 5.05. The standard InChI is InChI=1S/C12H22N2/c1-4-7-12(13)8-11-14(9-5-2)10-6-3/h4-6,12H,1-3,7-11,13H2. The van der Waals surface area contributed by atoms with E-state index in [1.165, 1.54) is 0 Å². The van der Waals surface area contributed by atoms with Crippen LogP contribution in [0.2, 0.25) is 0 Å². The Balaban J connectivity index is 3.72. The molecule has 0 aliphatic rings. The summed E-state index contributed by atoms with van der Waals surface area (Å²) in [6.45, 7) is 13.9. The predicted octanol–water partition coefficient (Wildman–Crippen LogP) is 1.95. The molecular formula is C12H22N2. The molecule has 2 nitrogen and oxygen atoms in total. The van der Waals surface area contributed by atoms with E-state index in [1.54, 1.807) is 0 Å². The van der Waals surface area contributed by atoms with Gasteiger partial charge in [0.05, 0.1) is 0 Å². The summed E-state index contributed by atoms with van der Waals surface area (Å²) in [7, 11) is 0. The lowest BCUT2D eigenvalue weighted by Gasteiger charge is -2.20. The third-order valence-corrected chi connectivity index (χ3v) is 2.06. The normalized spacial score (nSPS) is 12.4. The molecule has 2 N–H and O–H groups in total. The molecule has 0 aliphatic carbocycles. The summed E-state index contributed by atoms with van der Waals surface area (Å²) in [6.07, 6.45) is 7.56. The lowest BCUT2D eigenvalue weighted by Crippen LogP contribution is -2.30. The first-order valence-corrected chi connectivity index (χ1v) is 5.05. The SMILES string of the molecule is C=CCC(N)CCN(CC=C)CC=C. The van der Waals surface area contributed by atoms with Crippen molar-refractivity contribution in [2.75, 3.05) is 19.6 Å². The fourth-order valence-corrected chi connectivity index (χ4v) is 1.30. The Morgan fingerprint density at radius 1 is 1.07 bits per heavy atom. The van der Waals surface area contributed by atoms with Crippen LogP contribution >= 0.6 is 0 Å². The highest BCUT2D eigenvalue weighted by Gasteiger charge is 2.04. The molecular weight excluding hydrogens is 172 g/mol. The van der Waals surface area contributed by atoms with Crippen LogP contribution in [-0.4, -0.2) is 30.6 Å². The minimum Gasteiger partial charge on any atom is -0.327 e. The Bertz CT molecular complexity index is 165. The smallest absolute Gasteiger partial charge is 0.0163 e. The number of nitrogens with zero attached hydrogens (tertiary/aromatic N) is 1. The molecule has 0 bridgehead atoms. The van der Waals surface area contributed by atoms with Crippen molar-refractivity contribution in [3.05, 3.63) is 38.0 Å². The maximum Gasteiger partial charge on any atom is 0.0163 e. The van der Waals surface area contributed by atoms with Gasteiger partial charge in [0.1, 0.15) is 0 Å². The highest BCUT2D eigenvalue weighted by molar-refractivity contribution is 4.82. The summed E-state index contributed by atoms with van der Waals surface area (Å²) in [5.74, 6) is 0. The lowest BCUT2D eigenvalue weighted by molar-refractivity contribution is 0.318. The summed E-state index contributed by atoms with van der Waals surface area (Å²) in [5.41, 5.74) is 5.88. The molecule has 0 saturated heterocycles. The van der Waals surface area contributed by atoms with Crippen LogP contribution in [0.5, 0.6) is 0 Å². The van der Waals surface area contributed by atoms with Crippen molar-refractivity contribution in [1.82, 2.24) is 4.90 Å².